The number of likely N-dealkylation sites (N-methyl/N-ethyl adjacent to an activating group) is 1. The molecule has 3 rings (SSSR count). The van der Waals surface area contributed by atoms with Crippen LogP contribution < -0.4 is 5.56 Å². The van der Waals surface area contributed by atoms with E-state index in [9.17, 15) is 9.59 Å². The fraction of sp³-hybridized carbons (Fsp3) is 0.667. The normalized spacial score (nSPS) is 26.1. The zero-order valence-electron chi connectivity index (χ0n) is 15.0. The van der Waals surface area contributed by atoms with Crippen LogP contribution in [0, 0.1) is 0 Å². The summed E-state index contributed by atoms with van der Waals surface area (Å²) in [5.41, 5.74) is 1.89. The van der Waals surface area contributed by atoms with Crippen molar-refractivity contribution in [3.63, 3.8) is 0 Å². The number of aromatic amines is 1. The van der Waals surface area contributed by atoms with Gasteiger partial charge in [0, 0.05) is 27.5 Å². The molecule has 0 saturated carbocycles. The molecule has 1 aliphatic carbocycles. The number of amides is 1. The van der Waals surface area contributed by atoms with Crippen molar-refractivity contribution in [2.75, 3.05) is 34.5 Å². The maximum Gasteiger partial charge on any atom is 0.261 e. The maximum atomic E-state index is 13.1. The number of carbonyl (C=O) groups excluding carboxylic acids is 1. The fourth-order valence-electron chi connectivity index (χ4n) is 3.87. The smallest absolute Gasteiger partial charge is 0.261 e. The molecule has 0 aromatic carbocycles. The molecule has 1 aromatic heterocycles. The van der Waals surface area contributed by atoms with Gasteiger partial charge >= 0.3 is 0 Å². The van der Waals surface area contributed by atoms with Crippen LogP contribution >= 0.6 is 0 Å². The summed E-state index contributed by atoms with van der Waals surface area (Å²) in [6.45, 7) is 0.780. The highest BCUT2D eigenvalue weighted by Gasteiger charge is 2.39. The molecule has 25 heavy (non-hydrogen) atoms. The SMILES string of the molecule is CO[C@H]1[C@H](N(C)C(=O)c2c3c(c[nH]c2=O)CCCC3)COC[C@H]1OC. The van der Waals surface area contributed by atoms with Crippen LogP contribution in [0.25, 0.3) is 0 Å². The van der Waals surface area contributed by atoms with E-state index in [2.05, 4.69) is 4.98 Å². The molecule has 7 nitrogen and oxygen atoms in total. The Bertz CT molecular complexity index is 687. The number of ether oxygens (including phenoxy) is 3. The van der Waals surface area contributed by atoms with Crippen LogP contribution in [0.2, 0.25) is 0 Å². The molecule has 1 saturated heterocycles. The molecule has 1 aromatic rings. The van der Waals surface area contributed by atoms with E-state index in [0.29, 0.717) is 13.2 Å². The van der Waals surface area contributed by atoms with E-state index in [1.165, 1.54) is 0 Å². The summed E-state index contributed by atoms with van der Waals surface area (Å²) in [5, 5.41) is 0. The monoisotopic (exact) mass is 350 g/mol. The number of aryl methyl sites for hydroxylation is 1. The molecule has 1 N–H and O–H groups in total. The predicted molar refractivity (Wildman–Crippen MR) is 92.0 cm³/mol. The lowest BCUT2D eigenvalue weighted by Gasteiger charge is -2.40. The summed E-state index contributed by atoms with van der Waals surface area (Å²) in [5.74, 6) is -0.285. The Morgan fingerprint density at radius 3 is 2.72 bits per heavy atom. The third kappa shape index (κ3) is 3.36. The van der Waals surface area contributed by atoms with Gasteiger partial charge in [-0.1, -0.05) is 0 Å². The van der Waals surface area contributed by atoms with Crippen LogP contribution in [0.1, 0.15) is 34.3 Å². The zero-order chi connectivity index (χ0) is 18.0. The third-order valence-electron chi connectivity index (χ3n) is 5.34. The van der Waals surface area contributed by atoms with Gasteiger partial charge in [-0.15, -0.1) is 0 Å². The molecular formula is C18H26N2O5. The first-order chi connectivity index (χ1) is 12.1. The highest BCUT2D eigenvalue weighted by atomic mass is 16.6. The first-order valence-electron chi connectivity index (χ1n) is 8.72. The number of fused-ring (bicyclic) bond motifs is 1. The van der Waals surface area contributed by atoms with E-state index in [1.807, 2.05) is 0 Å². The Morgan fingerprint density at radius 2 is 2.00 bits per heavy atom. The number of nitrogens with zero attached hydrogens (tertiary/aromatic N) is 1. The number of carbonyl (C=O) groups is 1. The summed E-state index contributed by atoms with van der Waals surface area (Å²) in [6.07, 6.45) is 4.95. The van der Waals surface area contributed by atoms with Crippen molar-refractivity contribution in [1.82, 2.24) is 9.88 Å². The van der Waals surface area contributed by atoms with Gasteiger partial charge in [0.05, 0.1) is 19.3 Å². The minimum absolute atomic E-state index is 0.248. The summed E-state index contributed by atoms with van der Waals surface area (Å²) in [7, 11) is 4.90. The van der Waals surface area contributed by atoms with Crippen molar-refractivity contribution in [2.45, 2.75) is 43.9 Å². The quantitative estimate of drug-likeness (QED) is 0.867. The summed E-state index contributed by atoms with van der Waals surface area (Å²) in [4.78, 5) is 29.8. The lowest BCUT2D eigenvalue weighted by Crippen LogP contribution is -2.58. The fourth-order valence-corrected chi connectivity index (χ4v) is 3.87. The van der Waals surface area contributed by atoms with Gasteiger partial charge in [0.25, 0.3) is 11.5 Å². The molecule has 0 unspecified atom stereocenters. The minimum Gasteiger partial charge on any atom is -0.376 e. The average Bonchev–Trinajstić information content (AvgIpc) is 2.66. The van der Waals surface area contributed by atoms with Crippen LogP contribution in [-0.2, 0) is 27.1 Å². The topological polar surface area (TPSA) is 80.9 Å². The molecule has 138 valence electrons. The largest absolute Gasteiger partial charge is 0.376 e. The van der Waals surface area contributed by atoms with Crippen molar-refractivity contribution in [3.8, 4) is 0 Å². The first kappa shape index (κ1) is 18.1. The molecule has 1 amide bonds. The predicted octanol–water partition coefficient (Wildman–Crippen LogP) is 0.755. The number of nitrogens with one attached hydrogen (secondary N) is 1. The molecule has 3 atom stereocenters. The van der Waals surface area contributed by atoms with Gasteiger partial charge in [-0.3, -0.25) is 9.59 Å². The third-order valence-corrected chi connectivity index (χ3v) is 5.34. The molecule has 1 aliphatic heterocycles. The lowest BCUT2D eigenvalue weighted by atomic mass is 9.89. The van der Waals surface area contributed by atoms with Gasteiger partial charge in [0.2, 0.25) is 0 Å². The van der Waals surface area contributed by atoms with Crippen molar-refractivity contribution in [3.05, 3.63) is 33.2 Å². The molecule has 7 heteroatoms. The Labute approximate surface area is 147 Å². The second kappa shape index (κ2) is 7.68. The molecule has 1 fully saturated rings. The zero-order valence-corrected chi connectivity index (χ0v) is 15.0. The van der Waals surface area contributed by atoms with Crippen LogP contribution in [0.4, 0.5) is 0 Å². The number of pyridine rings is 1. The number of hydrogen-bond donors (Lipinski definition) is 1. The van der Waals surface area contributed by atoms with Gasteiger partial charge in [0.1, 0.15) is 17.8 Å². The Kier molecular flexibility index (Phi) is 5.56. The number of rotatable bonds is 4. The number of H-pyrrole nitrogens is 1. The maximum absolute atomic E-state index is 13.1. The van der Waals surface area contributed by atoms with Crippen molar-refractivity contribution >= 4 is 5.91 Å². The average molecular weight is 350 g/mol. The van der Waals surface area contributed by atoms with Gasteiger partial charge in [-0.05, 0) is 36.8 Å². The highest BCUT2D eigenvalue weighted by Crippen LogP contribution is 2.25. The number of aromatic nitrogens is 1. The summed E-state index contributed by atoms with van der Waals surface area (Å²) in [6, 6.07) is -0.310. The second-order valence-electron chi connectivity index (χ2n) is 6.70. The van der Waals surface area contributed by atoms with E-state index in [0.717, 1.165) is 36.8 Å². The Morgan fingerprint density at radius 1 is 1.24 bits per heavy atom. The molecule has 2 heterocycles. The molecule has 0 bridgehead atoms. The minimum atomic E-state index is -0.327. The summed E-state index contributed by atoms with van der Waals surface area (Å²) >= 11 is 0. The molecular weight excluding hydrogens is 324 g/mol. The van der Waals surface area contributed by atoms with Crippen LogP contribution in [0.15, 0.2) is 11.0 Å². The van der Waals surface area contributed by atoms with Gasteiger partial charge in [0.15, 0.2) is 0 Å². The summed E-state index contributed by atoms with van der Waals surface area (Å²) < 4.78 is 16.6. The first-order valence-corrected chi connectivity index (χ1v) is 8.72. The van der Waals surface area contributed by atoms with E-state index in [1.54, 1.807) is 32.4 Å². The number of hydrogen-bond acceptors (Lipinski definition) is 5. The lowest BCUT2D eigenvalue weighted by molar-refractivity contribution is -0.147. The molecule has 0 spiro atoms. The van der Waals surface area contributed by atoms with Gasteiger partial charge < -0.3 is 24.1 Å². The van der Waals surface area contributed by atoms with Crippen molar-refractivity contribution in [1.29, 1.82) is 0 Å². The van der Waals surface area contributed by atoms with Crippen molar-refractivity contribution < 1.29 is 19.0 Å². The second-order valence-corrected chi connectivity index (χ2v) is 6.70. The van der Waals surface area contributed by atoms with Gasteiger partial charge in [-0.25, -0.2) is 0 Å². The number of methoxy groups -OCH3 is 2. The molecule has 0 radical (unpaired) electrons. The van der Waals surface area contributed by atoms with E-state index >= 15 is 0 Å². The van der Waals surface area contributed by atoms with Crippen LogP contribution in [-0.4, -0.2) is 68.5 Å². The van der Waals surface area contributed by atoms with Crippen LogP contribution in [0.5, 0.6) is 0 Å². The highest BCUT2D eigenvalue weighted by molar-refractivity contribution is 5.95. The van der Waals surface area contributed by atoms with Crippen molar-refractivity contribution in [2.24, 2.45) is 0 Å². The molecule has 2 aliphatic rings. The van der Waals surface area contributed by atoms with Crippen LogP contribution in [0.3, 0.4) is 0 Å². The standard InChI is InChI=1S/C18H26N2O5/c1-20(13-9-25-10-14(23-2)16(13)24-3)18(22)15-12-7-5-4-6-11(12)8-19-17(15)21/h8,13-14,16H,4-7,9-10H2,1-3H3,(H,19,21)/t13-,14-,16+/m1/s1. The van der Waals surface area contributed by atoms with E-state index in [-0.39, 0.29) is 35.3 Å². The Hall–Kier alpha value is -1.70. The van der Waals surface area contributed by atoms with E-state index < -0.39 is 0 Å². The Balaban J connectivity index is 1.91. The van der Waals surface area contributed by atoms with Gasteiger partial charge in [-0.2, -0.15) is 0 Å². The van der Waals surface area contributed by atoms with E-state index in [4.69, 9.17) is 14.2 Å².